The zero-order valence-corrected chi connectivity index (χ0v) is 6.14. The van der Waals surface area contributed by atoms with Gasteiger partial charge >= 0.3 is 65.8 Å². The predicted octanol–water partition coefficient (Wildman–Crippen LogP) is 0.638. The van der Waals surface area contributed by atoms with Crippen LogP contribution in [-0.4, -0.2) is 22.7 Å². The third-order valence-electron chi connectivity index (χ3n) is 0.875. The first-order valence-electron chi connectivity index (χ1n) is 2.37. The fraction of sp³-hybridized carbons (Fsp3) is 0. The van der Waals surface area contributed by atoms with E-state index in [9.17, 15) is 0 Å². The van der Waals surface area contributed by atoms with E-state index in [1.165, 1.54) is 4.24 Å². The van der Waals surface area contributed by atoms with Gasteiger partial charge < -0.3 is 0 Å². The van der Waals surface area contributed by atoms with Crippen LogP contribution < -0.4 is 4.24 Å². The van der Waals surface area contributed by atoms with E-state index in [1.807, 2.05) is 36.0 Å². The second-order valence-electron chi connectivity index (χ2n) is 1.66. The average molecular weight is 164 g/mol. The molecular formula is C5H3BrLiN. The number of aromatic nitrogens is 1. The van der Waals surface area contributed by atoms with E-state index in [2.05, 4.69) is 20.9 Å². The van der Waals surface area contributed by atoms with E-state index in [1.54, 1.807) is 0 Å². The standard InChI is InChI=1S/C5H3BrN.Li/c6-5-3-1-2-4-7-5;/h1,3-4H;. The predicted molar refractivity (Wildman–Crippen MR) is 37.3 cm³/mol. The van der Waals surface area contributed by atoms with Crippen LogP contribution in [0.2, 0.25) is 0 Å². The van der Waals surface area contributed by atoms with Crippen LogP contribution in [-0.2, 0) is 0 Å². The first-order chi connectivity index (χ1) is 3.79. The molecule has 0 N–H and O–H groups in total. The quantitative estimate of drug-likeness (QED) is 0.405. The molecule has 36 valence electrons. The minimum atomic E-state index is 0.892. The van der Waals surface area contributed by atoms with Crippen molar-refractivity contribution in [2.75, 3.05) is 0 Å². The first kappa shape index (κ1) is 6.35. The van der Waals surface area contributed by atoms with Crippen LogP contribution in [0, 0.1) is 0 Å². The zero-order chi connectivity index (χ0) is 5.98. The molecule has 0 aromatic carbocycles. The Morgan fingerprint density at radius 2 is 2.25 bits per heavy atom. The zero-order valence-electron chi connectivity index (χ0n) is 4.56. The number of hydrogen-bond acceptors (Lipinski definition) is 1. The van der Waals surface area contributed by atoms with Crippen LogP contribution >= 0.6 is 15.9 Å². The van der Waals surface area contributed by atoms with E-state index in [0.29, 0.717) is 0 Å². The summed E-state index contributed by atoms with van der Waals surface area (Å²) in [6.07, 6.45) is 1.82. The third kappa shape index (κ3) is 1.63. The molecule has 1 heterocycles. The molecule has 0 saturated carbocycles. The van der Waals surface area contributed by atoms with Gasteiger partial charge in [0.2, 0.25) is 0 Å². The van der Waals surface area contributed by atoms with Crippen molar-refractivity contribution in [3.63, 3.8) is 0 Å². The van der Waals surface area contributed by atoms with Gasteiger partial charge in [-0.15, -0.1) is 0 Å². The normalized spacial score (nSPS) is 9.38. The number of hydrogen-bond donors (Lipinski definition) is 0. The molecule has 0 amide bonds. The molecule has 0 bridgehead atoms. The summed E-state index contributed by atoms with van der Waals surface area (Å²) in [5.41, 5.74) is 0. The number of rotatable bonds is 0. The van der Waals surface area contributed by atoms with Crippen molar-refractivity contribution in [2.24, 2.45) is 0 Å². The maximum atomic E-state index is 4.00. The molecule has 1 nitrogen and oxygen atoms in total. The van der Waals surface area contributed by atoms with Crippen molar-refractivity contribution in [1.29, 1.82) is 0 Å². The topological polar surface area (TPSA) is 12.9 Å². The molecule has 0 aliphatic carbocycles. The average Bonchev–Trinajstić information content (AvgIpc) is 1.77. The van der Waals surface area contributed by atoms with Crippen molar-refractivity contribution in [3.8, 4) is 0 Å². The van der Waals surface area contributed by atoms with Gasteiger partial charge in [0.1, 0.15) is 0 Å². The summed E-state index contributed by atoms with van der Waals surface area (Å²) < 4.78 is 2.08. The van der Waals surface area contributed by atoms with Crippen LogP contribution in [0.5, 0.6) is 0 Å². The number of nitrogens with zero attached hydrogens (tertiary/aromatic N) is 1. The van der Waals surface area contributed by atoms with Crippen molar-refractivity contribution >= 4 is 37.9 Å². The van der Waals surface area contributed by atoms with Crippen molar-refractivity contribution in [1.82, 2.24) is 4.98 Å². The molecule has 1 aromatic rings. The van der Waals surface area contributed by atoms with Gasteiger partial charge in [0, 0.05) is 0 Å². The number of pyridine rings is 1. The molecule has 8 heavy (non-hydrogen) atoms. The van der Waals surface area contributed by atoms with Crippen LogP contribution in [0.3, 0.4) is 0 Å². The Hall–Kier alpha value is 0.227. The summed E-state index contributed by atoms with van der Waals surface area (Å²) in [4.78, 5) is 4.00. The summed E-state index contributed by atoms with van der Waals surface area (Å²) in [6, 6.07) is 3.94. The van der Waals surface area contributed by atoms with E-state index >= 15 is 0 Å². The molecular weight excluding hydrogens is 161 g/mol. The molecule has 1 rings (SSSR count). The molecule has 0 radical (unpaired) electrons. The van der Waals surface area contributed by atoms with Crippen LogP contribution in [0.15, 0.2) is 22.9 Å². The monoisotopic (exact) mass is 163 g/mol. The second kappa shape index (κ2) is 2.68. The molecule has 0 aliphatic rings. The van der Waals surface area contributed by atoms with Crippen molar-refractivity contribution in [2.45, 2.75) is 0 Å². The van der Waals surface area contributed by atoms with Crippen LogP contribution in [0.25, 0.3) is 0 Å². The van der Waals surface area contributed by atoms with Crippen LogP contribution in [0.4, 0.5) is 0 Å². The van der Waals surface area contributed by atoms with Crippen molar-refractivity contribution in [3.05, 3.63) is 22.9 Å². The Morgan fingerprint density at radius 1 is 1.50 bits per heavy atom. The Morgan fingerprint density at radius 3 is 2.62 bits per heavy atom. The summed E-state index contributed by atoms with van der Waals surface area (Å²) >= 11 is 5.25. The van der Waals surface area contributed by atoms with Gasteiger partial charge in [-0.05, 0) is 0 Å². The van der Waals surface area contributed by atoms with Gasteiger partial charge in [0.05, 0.1) is 0 Å². The molecule has 0 spiro atoms. The molecule has 3 heteroatoms. The second-order valence-corrected chi connectivity index (χ2v) is 2.47. The molecule has 0 aliphatic heterocycles. The molecule has 0 atom stereocenters. The minimum absolute atomic E-state index is 0.892. The Kier molecular flexibility index (Phi) is 2.13. The van der Waals surface area contributed by atoms with Gasteiger partial charge in [-0.2, -0.15) is 0 Å². The first-order valence-corrected chi connectivity index (χ1v) is 3.16. The van der Waals surface area contributed by atoms with Crippen molar-refractivity contribution < 1.29 is 0 Å². The Bertz CT molecular complexity index is 151. The molecule has 0 unspecified atom stereocenters. The third-order valence-corrected chi connectivity index (χ3v) is 1.34. The van der Waals surface area contributed by atoms with Gasteiger partial charge in [0.25, 0.3) is 0 Å². The Balaban J connectivity index is 3.03. The summed E-state index contributed by atoms with van der Waals surface area (Å²) in [5.74, 6) is 0. The van der Waals surface area contributed by atoms with E-state index in [4.69, 9.17) is 0 Å². The summed E-state index contributed by atoms with van der Waals surface area (Å²) in [5, 5.41) is 0. The fourth-order valence-electron chi connectivity index (χ4n) is 0.450. The van der Waals surface area contributed by atoms with E-state index in [0.717, 1.165) is 4.60 Å². The molecule has 0 saturated heterocycles. The summed E-state index contributed by atoms with van der Waals surface area (Å²) in [6.45, 7) is 0. The van der Waals surface area contributed by atoms with E-state index < -0.39 is 0 Å². The van der Waals surface area contributed by atoms with Gasteiger partial charge in [-0.25, -0.2) is 0 Å². The Labute approximate surface area is 65.8 Å². The van der Waals surface area contributed by atoms with E-state index in [-0.39, 0.29) is 0 Å². The van der Waals surface area contributed by atoms with Crippen LogP contribution in [0.1, 0.15) is 0 Å². The SMILES string of the molecule is [Li][c]1ccc(Br)nc1. The fourth-order valence-corrected chi connectivity index (χ4v) is 0.684. The molecule has 0 fully saturated rings. The maximum absolute atomic E-state index is 4.00. The number of halogens is 1. The van der Waals surface area contributed by atoms with Gasteiger partial charge in [-0.3, -0.25) is 0 Å². The van der Waals surface area contributed by atoms with Gasteiger partial charge in [-0.1, -0.05) is 0 Å². The molecule has 1 aromatic heterocycles. The summed E-state index contributed by atoms with van der Waals surface area (Å²) in [7, 11) is 0. The van der Waals surface area contributed by atoms with Gasteiger partial charge in [0.15, 0.2) is 0 Å².